The second-order valence-electron chi connectivity index (χ2n) is 3.66. The van der Waals surface area contributed by atoms with Crippen molar-refractivity contribution >= 4 is 12.0 Å². The van der Waals surface area contributed by atoms with Crippen LogP contribution in [0.5, 0.6) is 0 Å². The van der Waals surface area contributed by atoms with E-state index in [2.05, 4.69) is 4.98 Å². The molecule has 0 atom stereocenters. The van der Waals surface area contributed by atoms with Crippen LogP contribution >= 0.6 is 0 Å². The molecule has 0 aliphatic rings. The minimum atomic E-state index is -1.00. The zero-order valence-electron chi connectivity index (χ0n) is 9.38. The summed E-state index contributed by atoms with van der Waals surface area (Å²) < 4.78 is 12.8. The van der Waals surface area contributed by atoms with Crippen LogP contribution in [0.25, 0.3) is 17.3 Å². The number of hydrogen-bond donors (Lipinski definition) is 1. The summed E-state index contributed by atoms with van der Waals surface area (Å²) in [7, 11) is 0. The number of carboxylic acid groups (broad SMARTS) is 1. The number of pyridine rings is 1. The van der Waals surface area contributed by atoms with Gasteiger partial charge in [-0.3, -0.25) is 4.98 Å². The third kappa shape index (κ3) is 3.01. The average Bonchev–Trinajstić information content (AvgIpc) is 2.38. The Labute approximate surface area is 103 Å². The van der Waals surface area contributed by atoms with Gasteiger partial charge < -0.3 is 5.11 Å². The fourth-order valence-electron chi connectivity index (χ4n) is 1.46. The third-order valence-electron chi connectivity index (χ3n) is 2.34. The van der Waals surface area contributed by atoms with Crippen molar-refractivity contribution in [3.8, 4) is 11.3 Å². The van der Waals surface area contributed by atoms with Crippen LogP contribution < -0.4 is 0 Å². The third-order valence-corrected chi connectivity index (χ3v) is 2.34. The van der Waals surface area contributed by atoms with Crippen molar-refractivity contribution in [1.29, 1.82) is 0 Å². The maximum Gasteiger partial charge on any atom is 0.328 e. The van der Waals surface area contributed by atoms with Gasteiger partial charge in [-0.1, -0.05) is 6.07 Å². The van der Waals surface area contributed by atoms with Crippen molar-refractivity contribution in [3.63, 3.8) is 0 Å². The number of halogens is 1. The predicted molar refractivity (Wildman–Crippen MR) is 66.3 cm³/mol. The molecule has 0 aliphatic carbocycles. The molecule has 2 aromatic rings. The van der Waals surface area contributed by atoms with Crippen LogP contribution in [0.3, 0.4) is 0 Å². The molecule has 1 N–H and O–H groups in total. The Morgan fingerprint density at radius 3 is 2.44 bits per heavy atom. The zero-order chi connectivity index (χ0) is 13.0. The van der Waals surface area contributed by atoms with Gasteiger partial charge in [0.1, 0.15) is 5.82 Å². The van der Waals surface area contributed by atoms with E-state index < -0.39 is 5.97 Å². The fourth-order valence-corrected chi connectivity index (χ4v) is 1.46. The van der Waals surface area contributed by atoms with Crippen LogP contribution in [0.4, 0.5) is 4.39 Å². The van der Waals surface area contributed by atoms with Gasteiger partial charge in [0, 0.05) is 17.8 Å². The Balaban J connectivity index is 2.22. The van der Waals surface area contributed by atoms with Crippen molar-refractivity contribution < 1.29 is 14.3 Å². The van der Waals surface area contributed by atoms with E-state index in [1.807, 2.05) is 0 Å². The van der Waals surface area contributed by atoms with Crippen LogP contribution in [0.1, 0.15) is 5.56 Å². The quantitative estimate of drug-likeness (QED) is 0.843. The van der Waals surface area contributed by atoms with Crippen LogP contribution in [0.15, 0.2) is 48.7 Å². The zero-order valence-corrected chi connectivity index (χ0v) is 9.38. The van der Waals surface area contributed by atoms with Crippen LogP contribution in [0.2, 0.25) is 0 Å². The maximum atomic E-state index is 12.8. The number of hydrogen-bond acceptors (Lipinski definition) is 2. The van der Waals surface area contributed by atoms with Gasteiger partial charge in [-0.25, -0.2) is 9.18 Å². The molecule has 2 rings (SSSR count). The van der Waals surface area contributed by atoms with Crippen LogP contribution in [-0.2, 0) is 4.79 Å². The molecule has 0 saturated carbocycles. The number of aromatic nitrogens is 1. The first-order valence-electron chi connectivity index (χ1n) is 5.28. The lowest BCUT2D eigenvalue weighted by atomic mass is 10.1. The summed E-state index contributed by atoms with van der Waals surface area (Å²) in [4.78, 5) is 14.5. The van der Waals surface area contributed by atoms with Gasteiger partial charge in [0.15, 0.2) is 0 Å². The van der Waals surface area contributed by atoms with Crippen molar-refractivity contribution in [2.24, 2.45) is 0 Å². The van der Waals surface area contributed by atoms with E-state index >= 15 is 0 Å². The molecule has 0 spiro atoms. The number of rotatable bonds is 3. The highest BCUT2D eigenvalue weighted by Gasteiger charge is 1.99. The minimum Gasteiger partial charge on any atom is -0.478 e. The highest BCUT2D eigenvalue weighted by Crippen LogP contribution is 2.17. The topological polar surface area (TPSA) is 50.2 Å². The largest absolute Gasteiger partial charge is 0.478 e. The number of nitrogens with zero attached hydrogens (tertiary/aromatic N) is 1. The number of carboxylic acids is 1. The van der Waals surface area contributed by atoms with Crippen molar-refractivity contribution in [3.05, 3.63) is 60.1 Å². The Morgan fingerprint density at radius 1 is 1.17 bits per heavy atom. The summed E-state index contributed by atoms with van der Waals surface area (Å²) in [6.07, 6.45) is 4.08. The van der Waals surface area contributed by atoms with Gasteiger partial charge in [-0.2, -0.15) is 0 Å². The molecule has 1 aromatic carbocycles. The highest BCUT2D eigenvalue weighted by molar-refractivity contribution is 5.85. The molecule has 0 amide bonds. The van der Waals surface area contributed by atoms with Crippen LogP contribution in [0, 0.1) is 5.82 Å². The highest BCUT2D eigenvalue weighted by atomic mass is 19.1. The average molecular weight is 243 g/mol. The molecule has 3 nitrogen and oxygen atoms in total. The summed E-state index contributed by atoms with van der Waals surface area (Å²) in [6.45, 7) is 0. The van der Waals surface area contributed by atoms with Crippen molar-refractivity contribution in [1.82, 2.24) is 4.98 Å². The van der Waals surface area contributed by atoms with E-state index in [0.29, 0.717) is 11.3 Å². The molecule has 90 valence electrons. The van der Waals surface area contributed by atoms with Gasteiger partial charge in [-0.15, -0.1) is 0 Å². The van der Waals surface area contributed by atoms with Gasteiger partial charge in [0.05, 0.1) is 5.69 Å². The van der Waals surface area contributed by atoms with Gasteiger partial charge >= 0.3 is 5.97 Å². The number of aliphatic carboxylic acids is 1. The SMILES string of the molecule is O=C(O)/C=C/c1ccc(-c2ccc(F)cc2)nc1. The van der Waals surface area contributed by atoms with E-state index in [9.17, 15) is 9.18 Å². The van der Waals surface area contributed by atoms with E-state index in [1.54, 1.807) is 30.5 Å². The first-order chi connectivity index (χ1) is 8.65. The first-order valence-corrected chi connectivity index (χ1v) is 5.28. The monoisotopic (exact) mass is 243 g/mol. The molecule has 0 fully saturated rings. The molecule has 18 heavy (non-hydrogen) atoms. The molecule has 1 heterocycles. The fraction of sp³-hybridized carbons (Fsp3) is 0. The summed E-state index contributed by atoms with van der Waals surface area (Å²) in [5.41, 5.74) is 2.22. The summed E-state index contributed by atoms with van der Waals surface area (Å²) in [6, 6.07) is 9.54. The second-order valence-corrected chi connectivity index (χ2v) is 3.66. The lowest BCUT2D eigenvalue weighted by Gasteiger charge is -2.01. The smallest absolute Gasteiger partial charge is 0.328 e. The molecule has 0 saturated heterocycles. The summed E-state index contributed by atoms with van der Waals surface area (Å²) >= 11 is 0. The normalized spacial score (nSPS) is 10.7. The second kappa shape index (κ2) is 5.23. The van der Waals surface area contributed by atoms with Crippen LogP contribution in [-0.4, -0.2) is 16.1 Å². The minimum absolute atomic E-state index is 0.292. The number of carbonyl (C=O) groups is 1. The summed E-state index contributed by atoms with van der Waals surface area (Å²) in [5.74, 6) is -1.29. The van der Waals surface area contributed by atoms with Gasteiger partial charge in [0.2, 0.25) is 0 Å². The molecule has 0 bridgehead atoms. The molecular formula is C14H10FNO2. The Morgan fingerprint density at radius 2 is 1.89 bits per heavy atom. The lowest BCUT2D eigenvalue weighted by molar-refractivity contribution is -0.131. The Bertz CT molecular complexity index is 574. The van der Waals surface area contributed by atoms with Crippen molar-refractivity contribution in [2.45, 2.75) is 0 Å². The molecular weight excluding hydrogens is 233 g/mol. The molecule has 0 unspecified atom stereocenters. The standard InChI is InChI=1S/C14H10FNO2/c15-12-5-3-11(4-6-12)13-7-1-10(9-16-13)2-8-14(17)18/h1-9H,(H,17,18)/b8-2+. The summed E-state index contributed by atoms with van der Waals surface area (Å²) in [5, 5.41) is 8.49. The maximum absolute atomic E-state index is 12.8. The first kappa shape index (κ1) is 12.0. The van der Waals surface area contributed by atoms with Gasteiger partial charge in [-0.05, 0) is 42.0 Å². The molecule has 1 aromatic heterocycles. The predicted octanol–water partition coefficient (Wildman–Crippen LogP) is 2.99. The van der Waals surface area contributed by atoms with Crippen molar-refractivity contribution in [2.75, 3.05) is 0 Å². The molecule has 0 radical (unpaired) electrons. The van der Waals surface area contributed by atoms with E-state index in [0.717, 1.165) is 11.6 Å². The van der Waals surface area contributed by atoms with E-state index in [-0.39, 0.29) is 5.82 Å². The lowest BCUT2D eigenvalue weighted by Crippen LogP contribution is -1.87. The van der Waals surface area contributed by atoms with E-state index in [4.69, 9.17) is 5.11 Å². The Hall–Kier alpha value is -2.49. The van der Waals surface area contributed by atoms with Gasteiger partial charge in [0.25, 0.3) is 0 Å². The van der Waals surface area contributed by atoms with E-state index in [1.165, 1.54) is 18.2 Å². The molecule has 0 aliphatic heterocycles. The molecule has 4 heteroatoms. The number of benzene rings is 1. The Kier molecular flexibility index (Phi) is 3.48.